The Bertz CT molecular complexity index is 1150. The van der Waals surface area contributed by atoms with Gasteiger partial charge >= 0.3 is 6.18 Å². The SMILES string of the molecule is O=C(NS(=O)(=O)c1cnc(OCC2(F)CCN(C(CF)CF)CC2)c(C(F)(F)F)c1)c1ccccc1. The highest BCUT2D eigenvalue weighted by molar-refractivity contribution is 7.90. The standard InChI is InChI=1S/C22H23F6N3O4S/c23-11-16(12-24)31-8-6-21(25,7-9-31)14-35-20-18(22(26,27)28)10-17(13-29-20)36(33,34)30-19(32)15-4-2-1-3-5-15/h1-5,10,13,16H,6-9,11-12,14H2,(H,30,32). The number of nitrogens with zero attached hydrogens (tertiary/aromatic N) is 2. The summed E-state index contributed by atoms with van der Waals surface area (Å²) in [6.07, 6.45) is -5.02. The van der Waals surface area contributed by atoms with E-state index in [0.29, 0.717) is 6.20 Å². The van der Waals surface area contributed by atoms with Crippen molar-refractivity contribution in [3.8, 4) is 5.88 Å². The fourth-order valence-corrected chi connectivity index (χ4v) is 4.54. The van der Waals surface area contributed by atoms with Crippen LogP contribution in [0.3, 0.4) is 0 Å². The molecule has 1 N–H and O–H groups in total. The minimum absolute atomic E-state index is 0.0176. The molecule has 0 spiro atoms. The van der Waals surface area contributed by atoms with Crippen LogP contribution in [0.2, 0.25) is 0 Å². The molecule has 7 nitrogen and oxygen atoms in total. The number of rotatable bonds is 9. The Labute approximate surface area is 203 Å². The van der Waals surface area contributed by atoms with Gasteiger partial charge in [0.15, 0.2) is 0 Å². The van der Waals surface area contributed by atoms with Gasteiger partial charge in [-0.1, -0.05) is 18.2 Å². The largest absolute Gasteiger partial charge is 0.474 e. The van der Waals surface area contributed by atoms with Crippen LogP contribution in [0.15, 0.2) is 47.5 Å². The van der Waals surface area contributed by atoms with Crippen LogP contribution in [-0.2, 0) is 16.2 Å². The van der Waals surface area contributed by atoms with Gasteiger partial charge in [-0.25, -0.2) is 31.3 Å². The van der Waals surface area contributed by atoms with Crippen LogP contribution in [0.5, 0.6) is 5.88 Å². The average Bonchev–Trinajstić information content (AvgIpc) is 2.84. The first kappa shape index (κ1) is 27.7. The highest BCUT2D eigenvalue weighted by Gasteiger charge is 2.40. The molecule has 0 unspecified atom stereocenters. The Hall–Kier alpha value is -2.87. The molecule has 1 aromatic carbocycles. The normalized spacial score (nSPS) is 16.6. The Morgan fingerprint density at radius 3 is 2.31 bits per heavy atom. The summed E-state index contributed by atoms with van der Waals surface area (Å²) >= 11 is 0. The molecular weight excluding hydrogens is 516 g/mol. The van der Waals surface area contributed by atoms with Gasteiger partial charge in [0.05, 0.1) is 12.2 Å². The first-order valence-electron chi connectivity index (χ1n) is 10.8. The van der Waals surface area contributed by atoms with Crippen molar-refractivity contribution in [2.75, 3.05) is 33.0 Å². The number of hydrogen-bond donors (Lipinski definition) is 1. The Balaban J connectivity index is 1.75. The van der Waals surface area contributed by atoms with Crippen molar-refractivity contribution in [1.82, 2.24) is 14.6 Å². The molecular formula is C22H23F6N3O4S. The van der Waals surface area contributed by atoms with Gasteiger partial charge in [0, 0.05) is 18.7 Å². The van der Waals surface area contributed by atoms with Crippen LogP contribution in [0.1, 0.15) is 28.8 Å². The van der Waals surface area contributed by atoms with Crippen molar-refractivity contribution in [2.45, 2.75) is 35.6 Å². The van der Waals surface area contributed by atoms with Crippen molar-refractivity contribution >= 4 is 15.9 Å². The fraction of sp³-hybridized carbons (Fsp3) is 0.455. The number of pyridine rings is 1. The minimum Gasteiger partial charge on any atom is -0.474 e. The molecule has 14 heteroatoms. The number of carbonyl (C=O) groups is 1. The maximum atomic E-state index is 15.1. The molecule has 0 atom stereocenters. The Morgan fingerprint density at radius 2 is 1.75 bits per heavy atom. The molecule has 2 heterocycles. The van der Waals surface area contributed by atoms with E-state index in [1.54, 1.807) is 10.8 Å². The molecule has 198 valence electrons. The number of hydrogen-bond acceptors (Lipinski definition) is 6. The van der Waals surface area contributed by atoms with Gasteiger partial charge in [-0.2, -0.15) is 13.2 Å². The van der Waals surface area contributed by atoms with E-state index in [9.17, 15) is 35.2 Å². The topological polar surface area (TPSA) is 88.6 Å². The van der Waals surface area contributed by atoms with Crippen LogP contribution in [0.4, 0.5) is 26.3 Å². The molecule has 2 aromatic rings. The number of nitrogens with one attached hydrogen (secondary N) is 1. The van der Waals surface area contributed by atoms with Gasteiger partial charge in [0.25, 0.3) is 15.9 Å². The van der Waals surface area contributed by atoms with E-state index < -0.39 is 70.1 Å². The number of sulfonamides is 1. The van der Waals surface area contributed by atoms with Gasteiger partial charge in [-0.3, -0.25) is 9.69 Å². The van der Waals surface area contributed by atoms with Crippen LogP contribution < -0.4 is 9.46 Å². The summed E-state index contributed by atoms with van der Waals surface area (Å²) in [6, 6.07) is 6.38. The summed E-state index contributed by atoms with van der Waals surface area (Å²) in [6.45, 7) is -2.77. The second-order valence-electron chi connectivity index (χ2n) is 8.26. The lowest BCUT2D eigenvalue weighted by Gasteiger charge is -2.38. The highest BCUT2D eigenvalue weighted by Crippen LogP contribution is 2.37. The van der Waals surface area contributed by atoms with Crippen LogP contribution in [-0.4, -0.2) is 69.0 Å². The van der Waals surface area contributed by atoms with E-state index in [0.717, 1.165) is 0 Å². The van der Waals surface area contributed by atoms with Gasteiger partial charge in [-0.05, 0) is 31.0 Å². The van der Waals surface area contributed by atoms with Gasteiger partial charge in [0.1, 0.15) is 36.1 Å². The molecule has 0 aliphatic carbocycles. The number of piperidine rings is 1. The average molecular weight is 539 g/mol. The first-order valence-corrected chi connectivity index (χ1v) is 12.2. The van der Waals surface area contributed by atoms with Crippen LogP contribution >= 0.6 is 0 Å². The molecule has 36 heavy (non-hydrogen) atoms. The number of amides is 1. The summed E-state index contributed by atoms with van der Waals surface area (Å²) in [5.41, 5.74) is -3.69. The summed E-state index contributed by atoms with van der Waals surface area (Å²) in [5, 5.41) is 0. The number of likely N-dealkylation sites (tertiary alicyclic amines) is 1. The predicted molar refractivity (Wildman–Crippen MR) is 116 cm³/mol. The van der Waals surface area contributed by atoms with Gasteiger partial charge in [0.2, 0.25) is 5.88 Å². The number of benzene rings is 1. The predicted octanol–water partition coefficient (Wildman–Crippen LogP) is 3.71. The molecule has 3 rings (SSSR count). The second-order valence-corrected chi connectivity index (χ2v) is 9.94. The summed E-state index contributed by atoms with van der Waals surface area (Å²) in [4.78, 5) is 16.1. The molecule has 1 aliphatic heterocycles. The summed E-state index contributed by atoms with van der Waals surface area (Å²) in [7, 11) is -4.73. The third-order valence-electron chi connectivity index (χ3n) is 5.74. The third kappa shape index (κ3) is 6.66. The van der Waals surface area contributed by atoms with E-state index >= 15 is 4.39 Å². The van der Waals surface area contributed by atoms with E-state index in [-0.39, 0.29) is 37.6 Å². The van der Waals surface area contributed by atoms with E-state index in [1.165, 1.54) is 29.2 Å². The summed E-state index contributed by atoms with van der Waals surface area (Å²) < 4.78 is 113. The maximum Gasteiger partial charge on any atom is 0.421 e. The van der Waals surface area contributed by atoms with E-state index in [4.69, 9.17) is 4.74 Å². The lowest BCUT2D eigenvalue weighted by molar-refractivity contribution is -0.140. The monoisotopic (exact) mass is 539 g/mol. The number of halogens is 6. The molecule has 1 aliphatic rings. The molecule has 0 radical (unpaired) electrons. The van der Waals surface area contributed by atoms with Gasteiger partial charge in [-0.15, -0.1) is 0 Å². The van der Waals surface area contributed by atoms with Crippen molar-refractivity contribution in [2.24, 2.45) is 0 Å². The van der Waals surface area contributed by atoms with Crippen molar-refractivity contribution in [3.63, 3.8) is 0 Å². The molecule has 1 fully saturated rings. The smallest absolute Gasteiger partial charge is 0.421 e. The number of aromatic nitrogens is 1. The lowest BCUT2D eigenvalue weighted by atomic mass is 9.93. The quantitative estimate of drug-likeness (QED) is 0.489. The molecule has 0 saturated carbocycles. The number of ether oxygens (including phenoxy) is 1. The molecule has 1 amide bonds. The van der Waals surface area contributed by atoms with Crippen LogP contribution in [0.25, 0.3) is 0 Å². The molecule has 0 bridgehead atoms. The van der Waals surface area contributed by atoms with Crippen molar-refractivity contribution in [3.05, 3.63) is 53.7 Å². The first-order chi connectivity index (χ1) is 16.9. The van der Waals surface area contributed by atoms with Gasteiger partial charge < -0.3 is 4.74 Å². The lowest BCUT2D eigenvalue weighted by Crippen LogP contribution is -2.50. The van der Waals surface area contributed by atoms with Crippen LogP contribution in [0, 0.1) is 0 Å². The number of alkyl halides is 6. The fourth-order valence-electron chi connectivity index (χ4n) is 3.60. The van der Waals surface area contributed by atoms with Crippen molar-refractivity contribution in [1.29, 1.82) is 0 Å². The Kier molecular flexibility index (Phi) is 8.49. The molecule has 1 saturated heterocycles. The Morgan fingerprint density at radius 1 is 1.14 bits per heavy atom. The zero-order valence-corrected chi connectivity index (χ0v) is 19.6. The van der Waals surface area contributed by atoms with Crippen molar-refractivity contribution < 1.29 is 44.3 Å². The minimum atomic E-state index is -5.11. The maximum absolute atomic E-state index is 15.1. The third-order valence-corrected chi connectivity index (χ3v) is 7.04. The van der Waals surface area contributed by atoms with E-state index in [1.807, 2.05) is 0 Å². The summed E-state index contributed by atoms with van der Waals surface area (Å²) in [5.74, 6) is -2.10. The zero-order valence-electron chi connectivity index (χ0n) is 18.8. The highest BCUT2D eigenvalue weighted by atomic mass is 32.2. The van der Waals surface area contributed by atoms with E-state index in [2.05, 4.69) is 4.98 Å². The number of carbonyl (C=O) groups excluding carboxylic acids is 1. The molecule has 1 aromatic heterocycles. The zero-order chi connectivity index (χ0) is 26.6. The second kappa shape index (κ2) is 11.0.